The van der Waals surface area contributed by atoms with E-state index in [0.29, 0.717) is 0 Å². The van der Waals surface area contributed by atoms with Crippen molar-refractivity contribution >= 4 is 0 Å². The predicted molar refractivity (Wildman–Crippen MR) is 60.4 cm³/mol. The van der Waals surface area contributed by atoms with Crippen LogP contribution in [0.4, 0.5) is 0 Å². The van der Waals surface area contributed by atoms with Crippen LogP contribution in [0.2, 0.25) is 0 Å². The minimum atomic E-state index is 0.823. The van der Waals surface area contributed by atoms with Gasteiger partial charge in [-0.2, -0.15) is 0 Å². The highest BCUT2D eigenvalue weighted by Crippen LogP contribution is 2.24. The second kappa shape index (κ2) is 4.63. The van der Waals surface area contributed by atoms with Gasteiger partial charge in [-0.1, -0.05) is 6.92 Å². The molecule has 0 bridgehead atoms. The van der Waals surface area contributed by atoms with Crippen molar-refractivity contribution in [1.29, 1.82) is 0 Å². The molecule has 2 fully saturated rings. The minimum absolute atomic E-state index is 0.823. The van der Waals surface area contributed by atoms with E-state index in [1.54, 1.807) is 0 Å². The number of nitrogens with zero attached hydrogens (tertiary/aromatic N) is 1. The zero-order valence-electron chi connectivity index (χ0n) is 9.63. The summed E-state index contributed by atoms with van der Waals surface area (Å²) in [7, 11) is 0. The second-order valence-electron chi connectivity index (χ2n) is 5.19. The summed E-state index contributed by atoms with van der Waals surface area (Å²) in [5.74, 6) is 1.87. The average molecular weight is 196 g/mol. The maximum Gasteiger partial charge on any atom is 0.00930 e. The van der Waals surface area contributed by atoms with Gasteiger partial charge in [0.1, 0.15) is 0 Å². The van der Waals surface area contributed by atoms with Crippen LogP contribution in [0.25, 0.3) is 0 Å². The largest absolute Gasteiger partial charge is 0.316 e. The van der Waals surface area contributed by atoms with Crippen molar-refractivity contribution in [3.63, 3.8) is 0 Å². The fourth-order valence-electron chi connectivity index (χ4n) is 2.80. The van der Waals surface area contributed by atoms with Gasteiger partial charge in [-0.25, -0.2) is 0 Å². The van der Waals surface area contributed by atoms with Gasteiger partial charge in [0.15, 0.2) is 0 Å². The monoisotopic (exact) mass is 196 g/mol. The normalized spacial score (nSPS) is 39.4. The molecule has 2 heterocycles. The number of likely N-dealkylation sites (tertiary alicyclic amines) is 1. The van der Waals surface area contributed by atoms with Crippen LogP contribution in [0.15, 0.2) is 0 Å². The van der Waals surface area contributed by atoms with E-state index >= 15 is 0 Å². The van der Waals surface area contributed by atoms with Crippen LogP contribution in [-0.2, 0) is 0 Å². The van der Waals surface area contributed by atoms with Crippen LogP contribution in [-0.4, -0.2) is 37.1 Å². The Hall–Kier alpha value is -0.0800. The van der Waals surface area contributed by atoms with E-state index in [-0.39, 0.29) is 0 Å². The molecule has 2 aliphatic rings. The van der Waals surface area contributed by atoms with E-state index in [4.69, 9.17) is 0 Å². The lowest BCUT2D eigenvalue weighted by Gasteiger charge is -2.24. The molecule has 0 radical (unpaired) electrons. The lowest BCUT2D eigenvalue weighted by atomic mass is 10.0. The number of hydrogen-bond donors (Lipinski definition) is 1. The summed E-state index contributed by atoms with van der Waals surface area (Å²) < 4.78 is 0. The highest BCUT2D eigenvalue weighted by Gasteiger charge is 2.27. The first-order valence-electron chi connectivity index (χ1n) is 6.22. The summed E-state index contributed by atoms with van der Waals surface area (Å²) in [6, 6.07) is 0.823. The van der Waals surface area contributed by atoms with Crippen molar-refractivity contribution in [2.24, 2.45) is 11.8 Å². The molecular weight excluding hydrogens is 172 g/mol. The Labute approximate surface area is 88.1 Å². The van der Waals surface area contributed by atoms with Gasteiger partial charge >= 0.3 is 0 Å². The zero-order valence-corrected chi connectivity index (χ0v) is 9.63. The van der Waals surface area contributed by atoms with Crippen molar-refractivity contribution in [3.8, 4) is 0 Å². The molecule has 0 saturated carbocycles. The number of nitrogens with one attached hydrogen (secondary N) is 1. The van der Waals surface area contributed by atoms with Gasteiger partial charge in [-0.05, 0) is 64.2 Å². The molecule has 2 aliphatic heterocycles. The standard InChI is InChI=1S/C12H24N2/c1-10-4-7-14(11(10)2)8-5-12-3-6-13-9-12/h10-13H,3-9H2,1-2H3. The van der Waals surface area contributed by atoms with Crippen molar-refractivity contribution in [2.45, 2.75) is 39.2 Å². The Morgan fingerprint density at radius 3 is 2.71 bits per heavy atom. The summed E-state index contributed by atoms with van der Waals surface area (Å²) in [5.41, 5.74) is 0. The molecular formula is C12H24N2. The maximum absolute atomic E-state index is 3.45. The molecule has 82 valence electrons. The summed E-state index contributed by atoms with van der Waals surface area (Å²) in [6.07, 6.45) is 4.21. The second-order valence-corrected chi connectivity index (χ2v) is 5.19. The number of hydrogen-bond acceptors (Lipinski definition) is 2. The van der Waals surface area contributed by atoms with Gasteiger partial charge < -0.3 is 10.2 Å². The fourth-order valence-corrected chi connectivity index (χ4v) is 2.80. The molecule has 14 heavy (non-hydrogen) atoms. The first-order valence-corrected chi connectivity index (χ1v) is 6.22. The van der Waals surface area contributed by atoms with E-state index in [9.17, 15) is 0 Å². The summed E-state index contributed by atoms with van der Waals surface area (Å²) in [4.78, 5) is 2.68. The van der Waals surface area contributed by atoms with Crippen LogP contribution in [0.5, 0.6) is 0 Å². The van der Waals surface area contributed by atoms with Crippen LogP contribution in [0.1, 0.15) is 33.1 Å². The third-order valence-electron chi connectivity index (χ3n) is 4.26. The maximum atomic E-state index is 3.45. The summed E-state index contributed by atoms with van der Waals surface area (Å²) in [6.45, 7) is 9.96. The molecule has 0 amide bonds. The predicted octanol–water partition coefficient (Wildman–Crippen LogP) is 1.72. The van der Waals surface area contributed by atoms with E-state index in [1.807, 2.05) is 0 Å². The molecule has 2 saturated heterocycles. The average Bonchev–Trinajstić information content (AvgIpc) is 2.77. The zero-order chi connectivity index (χ0) is 9.97. The quantitative estimate of drug-likeness (QED) is 0.739. The fraction of sp³-hybridized carbons (Fsp3) is 1.00. The molecule has 0 aromatic carbocycles. The van der Waals surface area contributed by atoms with Gasteiger partial charge in [0.05, 0.1) is 0 Å². The minimum Gasteiger partial charge on any atom is -0.316 e. The van der Waals surface area contributed by atoms with Crippen LogP contribution < -0.4 is 5.32 Å². The van der Waals surface area contributed by atoms with Crippen LogP contribution >= 0.6 is 0 Å². The van der Waals surface area contributed by atoms with Gasteiger partial charge in [0.2, 0.25) is 0 Å². The lowest BCUT2D eigenvalue weighted by Crippen LogP contribution is -2.31. The molecule has 3 unspecified atom stereocenters. The van der Waals surface area contributed by atoms with Crippen LogP contribution in [0, 0.1) is 11.8 Å². The van der Waals surface area contributed by atoms with Gasteiger partial charge in [0.25, 0.3) is 0 Å². The van der Waals surface area contributed by atoms with E-state index in [2.05, 4.69) is 24.1 Å². The van der Waals surface area contributed by atoms with Crippen LogP contribution in [0.3, 0.4) is 0 Å². The SMILES string of the molecule is CC1CCN(CCC2CCNC2)C1C. The molecule has 1 N–H and O–H groups in total. The first kappa shape index (κ1) is 10.4. The highest BCUT2D eigenvalue weighted by atomic mass is 15.2. The number of rotatable bonds is 3. The molecule has 0 aliphatic carbocycles. The van der Waals surface area contributed by atoms with E-state index in [0.717, 1.165) is 17.9 Å². The molecule has 2 nitrogen and oxygen atoms in total. The summed E-state index contributed by atoms with van der Waals surface area (Å²) >= 11 is 0. The Kier molecular flexibility index (Phi) is 3.45. The van der Waals surface area contributed by atoms with Crippen molar-refractivity contribution in [1.82, 2.24) is 10.2 Å². The first-order chi connectivity index (χ1) is 6.77. The van der Waals surface area contributed by atoms with Crippen molar-refractivity contribution in [3.05, 3.63) is 0 Å². The summed E-state index contributed by atoms with van der Waals surface area (Å²) in [5, 5.41) is 3.45. The molecule has 0 spiro atoms. The highest BCUT2D eigenvalue weighted by molar-refractivity contribution is 4.82. The molecule has 2 heteroatoms. The van der Waals surface area contributed by atoms with Gasteiger partial charge in [-0.15, -0.1) is 0 Å². The molecule has 2 rings (SSSR count). The van der Waals surface area contributed by atoms with Crippen molar-refractivity contribution < 1.29 is 0 Å². The van der Waals surface area contributed by atoms with E-state index < -0.39 is 0 Å². The third-order valence-corrected chi connectivity index (χ3v) is 4.26. The Morgan fingerprint density at radius 2 is 2.14 bits per heavy atom. The Balaban J connectivity index is 1.70. The van der Waals surface area contributed by atoms with E-state index in [1.165, 1.54) is 45.4 Å². The molecule has 3 atom stereocenters. The molecule has 0 aromatic heterocycles. The third kappa shape index (κ3) is 2.29. The Morgan fingerprint density at radius 1 is 1.29 bits per heavy atom. The smallest absolute Gasteiger partial charge is 0.00930 e. The molecule has 0 aromatic rings. The lowest BCUT2D eigenvalue weighted by molar-refractivity contribution is 0.231. The Bertz CT molecular complexity index is 175. The topological polar surface area (TPSA) is 15.3 Å². The van der Waals surface area contributed by atoms with Crippen molar-refractivity contribution in [2.75, 3.05) is 26.2 Å². The van der Waals surface area contributed by atoms with Gasteiger partial charge in [-0.3, -0.25) is 0 Å². The van der Waals surface area contributed by atoms with Gasteiger partial charge in [0, 0.05) is 6.04 Å².